The molecule has 1 aliphatic rings. The van der Waals surface area contributed by atoms with Crippen LogP contribution in [0.1, 0.15) is 25.7 Å². The Labute approximate surface area is 111 Å². The van der Waals surface area contributed by atoms with E-state index in [4.69, 9.17) is 5.73 Å². The number of hydrogen-bond donors (Lipinski definition) is 3. The van der Waals surface area contributed by atoms with Gasteiger partial charge in [0.25, 0.3) is 0 Å². The molecule has 1 fully saturated rings. The number of nitrogens with zero attached hydrogens (tertiary/aromatic N) is 1. The first-order valence-electron chi connectivity index (χ1n) is 6.72. The third-order valence-electron chi connectivity index (χ3n) is 3.88. The summed E-state index contributed by atoms with van der Waals surface area (Å²) in [6.45, 7) is 0. The first kappa shape index (κ1) is 12.2. The molecule has 5 heteroatoms. The number of amides is 1. The van der Waals surface area contributed by atoms with Gasteiger partial charge in [-0.15, -0.1) is 0 Å². The number of aromatic nitrogens is 2. The summed E-state index contributed by atoms with van der Waals surface area (Å²) < 4.78 is 0. The molecule has 3 rings (SSSR count). The maximum atomic E-state index is 12.3. The topological polar surface area (TPSA) is 83.8 Å². The number of nitrogens with one attached hydrogen (secondary N) is 2. The summed E-state index contributed by atoms with van der Waals surface area (Å²) in [5.74, 6) is 0.173. The molecule has 4 N–H and O–H groups in total. The van der Waals surface area contributed by atoms with Crippen molar-refractivity contribution in [2.45, 2.75) is 31.7 Å². The molecule has 0 unspecified atom stereocenters. The fraction of sp³-hybridized carbons (Fsp3) is 0.429. The normalized spacial score (nSPS) is 23.4. The van der Waals surface area contributed by atoms with Gasteiger partial charge in [0.1, 0.15) is 0 Å². The Morgan fingerprint density at radius 3 is 2.89 bits per heavy atom. The number of benzene rings is 1. The number of anilines is 1. The van der Waals surface area contributed by atoms with E-state index in [9.17, 15) is 4.79 Å². The molecule has 19 heavy (non-hydrogen) atoms. The Kier molecular flexibility index (Phi) is 3.21. The van der Waals surface area contributed by atoms with Gasteiger partial charge in [0.15, 0.2) is 0 Å². The Morgan fingerprint density at radius 2 is 2.11 bits per heavy atom. The molecule has 1 amide bonds. The van der Waals surface area contributed by atoms with Gasteiger partial charge in [0.05, 0.1) is 17.4 Å². The van der Waals surface area contributed by atoms with Crippen molar-refractivity contribution in [2.24, 2.45) is 11.7 Å². The highest BCUT2D eigenvalue weighted by atomic mass is 16.1. The summed E-state index contributed by atoms with van der Waals surface area (Å²) >= 11 is 0. The van der Waals surface area contributed by atoms with E-state index in [2.05, 4.69) is 15.5 Å². The lowest BCUT2D eigenvalue weighted by molar-refractivity contribution is -0.120. The van der Waals surface area contributed by atoms with Crippen LogP contribution in [0, 0.1) is 5.92 Å². The van der Waals surface area contributed by atoms with E-state index in [0.717, 1.165) is 42.3 Å². The summed E-state index contributed by atoms with van der Waals surface area (Å²) in [5, 5.41) is 10.9. The van der Waals surface area contributed by atoms with Crippen molar-refractivity contribution in [3.05, 3.63) is 24.4 Å². The van der Waals surface area contributed by atoms with Crippen molar-refractivity contribution >= 4 is 22.5 Å². The van der Waals surface area contributed by atoms with E-state index >= 15 is 0 Å². The first-order chi connectivity index (χ1) is 9.24. The number of carbonyl (C=O) groups excluding carboxylic acids is 1. The van der Waals surface area contributed by atoms with Gasteiger partial charge >= 0.3 is 0 Å². The van der Waals surface area contributed by atoms with E-state index in [-0.39, 0.29) is 17.9 Å². The van der Waals surface area contributed by atoms with Crippen LogP contribution in [0.5, 0.6) is 0 Å². The summed E-state index contributed by atoms with van der Waals surface area (Å²) in [7, 11) is 0. The predicted molar refractivity (Wildman–Crippen MR) is 74.7 cm³/mol. The highest BCUT2D eigenvalue weighted by Crippen LogP contribution is 2.26. The number of aromatic amines is 1. The number of H-pyrrole nitrogens is 1. The second kappa shape index (κ2) is 5.01. The van der Waals surface area contributed by atoms with Crippen molar-refractivity contribution in [3.8, 4) is 0 Å². The second-order valence-electron chi connectivity index (χ2n) is 5.24. The fourth-order valence-electron chi connectivity index (χ4n) is 2.69. The van der Waals surface area contributed by atoms with Gasteiger partial charge in [-0.2, -0.15) is 5.10 Å². The average Bonchev–Trinajstić information content (AvgIpc) is 2.89. The first-order valence-corrected chi connectivity index (χ1v) is 6.72. The van der Waals surface area contributed by atoms with Gasteiger partial charge in [0, 0.05) is 17.3 Å². The summed E-state index contributed by atoms with van der Waals surface area (Å²) in [6.07, 6.45) is 5.39. The van der Waals surface area contributed by atoms with E-state index in [1.165, 1.54) is 0 Å². The fourth-order valence-corrected chi connectivity index (χ4v) is 2.69. The molecule has 1 saturated carbocycles. The maximum Gasteiger partial charge on any atom is 0.227 e. The van der Waals surface area contributed by atoms with Gasteiger partial charge in [0.2, 0.25) is 5.91 Å². The van der Waals surface area contributed by atoms with Crippen LogP contribution in [0.25, 0.3) is 10.9 Å². The van der Waals surface area contributed by atoms with Gasteiger partial charge in [-0.05, 0) is 31.7 Å². The van der Waals surface area contributed by atoms with Crippen LogP contribution in [-0.2, 0) is 4.79 Å². The smallest absolute Gasteiger partial charge is 0.227 e. The second-order valence-corrected chi connectivity index (χ2v) is 5.24. The molecule has 5 nitrogen and oxygen atoms in total. The molecule has 0 aliphatic heterocycles. The lowest BCUT2D eigenvalue weighted by Gasteiger charge is -2.25. The van der Waals surface area contributed by atoms with Crippen LogP contribution in [0.15, 0.2) is 24.4 Å². The van der Waals surface area contributed by atoms with Crippen molar-refractivity contribution in [3.63, 3.8) is 0 Å². The Hall–Kier alpha value is -1.88. The molecule has 1 aromatic carbocycles. The Balaban J connectivity index is 1.74. The van der Waals surface area contributed by atoms with Crippen LogP contribution >= 0.6 is 0 Å². The Morgan fingerprint density at radius 1 is 1.32 bits per heavy atom. The largest absolute Gasteiger partial charge is 0.328 e. The zero-order valence-corrected chi connectivity index (χ0v) is 10.7. The predicted octanol–water partition coefficient (Wildman–Crippen LogP) is 2.02. The SMILES string of the molecule is NC1CCC(C(=O)Nc2cccc3cn[nH]c23)CC1. The molecule has 1 aromatic heterocycles. The quantitative estimate of drug-likeness (QED) is 0.770. The number of fused-ring (bicyclic) bond motifs is 1. The molecule has 1 aliphatic carbocycles. The lowest BCUT2D eigenvalue weighted by atomic mass is 9.86. The van der Waals surface area contributed by atoms with Crippen molar-refractivity contribution in [1.82, 2.24) is 10.2 Å². The summed E-state index contributed by atoms with van der Waals surface area (Å²) in [4.78, 5) is 12.3. The van der Waals surface area contributed by atoms with Crippen LogP contribution in [0.3, 0.4) is 0 Å². The number of hydrogen-bond acceptors (Lipinski definition) is 3. The van der Waals surface area contributed by atoms with Crippen molar-refractivity contribution in [2.75, 3.05) is 5.32 Å². The highest BCUT2D eigenvalue weighted by Gasteiger charge is 2.24. The van der Waals surface area contributed by atoms with E-state index in [1.807, 2.05) is 18.2 Å². The number of rotatable bonds is 2. The average molecular weight is 258 g/mol. The minimum atomic E-state index is 0.0815. The molecule has 0 bridgehead atoms. The number of carbonyl (C=O) groups is 1. The van der Waals surface area contributed by atoms with Gasteiger partial charge in [-0.1, -0.05) is 12.1 Å². The molecule has 1 heterocycles. The molecule has 0 radical (unpaired) electrons. The zero-order valence-electron chi connectivity index (χ0n) is 10.7. The third kappa shape index (κ3) is 2.46. The maximum absolute atomic E-state index is 12.3. The third-order valence-corrected chi connectivity index (χ3v) is 3.88. The lowest BCUT2D eigenvalue weighted by Crippen LogP contribution is -2.32. The number of nitrogens with two attached hydrogens (primary N) is 1. The van der Waals surface area contributed by atoms with E-state index < -0.39 is 0 Å². The van der Waals surface area contributed by atoms with Crippen LogP contribution in [0.2, 0.25) is 0 Å². The zero-order chi connectivity index (χ0) is 13.2. The monoisotopic (exact) mass is 258 g/mol. The molecular weight excluding hydrogens is 240 g/mol. The van der Waals surface area contributed by atoms with Gasteiger partial charge in [-0.25, -0.2) is 0 Å². The molecule has 2 aromatic rings. The van der Waals surface area contributed by atoms with Crippen LogP contribution < -0.4 is 11.1 Å². The molecule has 0 saturated heterocycles. The van der Waals surface area contributed by atoms with Crippen molar-refractivity contribution < 1.29 is 4.79 Å². The number of para-hydroxylation sites is 1. The van der Waals surface area contributed by atoms with Gasteiger partial charge in [-0.3, -0.25) is 9.89 Å². The molecule has 0 spiro atoms. The molecule has 100 valence electrons. The van der Waals surface area contributed by atoms with E-state index in [1.54, 1.807) is 6.20 Å². The minimum absolute atomic E-state index is 0.0815. The van der Waals surface area contributed by atoms with Crippen LogP contribution in [-0.4, -0.2) is 22.1 Å². The van der Waals surface area contributed by atoms with Crippen molar-refractivity contribution in [1.29, 1.82) is 0 Å². The highest BCUT2D eigenvalue weighted by molar-refractivity contribution is 6.00. The minimum Gasteiger partial charge on any atom is -0.328 e. The van der Waals surface area contributed by atoms with E-state index in [0.29, 0.717) is 0 Å². The standard InChI is InChI=1S/C14H18N4O/c15-11-6-4-9(5-7-11)14(19)17-12-3-1-2-10-8-16-18-13(10)12/h1-3,8-9,11H,4-7,15H2,(H,16,18)(H,17,19). The summed E-state index contributed by atoms with van der Waals surface area (Å²) in [6, 6.07) is 6.05. The molecular formula is C14H18N4O. The molecule has 0 atom stereocenters. The van der Waals surface area contributed by atoms with Gasteiger partial charge < -0.3 is 11.1 Å². The summed E-state index contributed by atoms with van der Waals surface area (Å²) in [5.41, 5.74) is 7.54. The van der Waals surface area contributed by atoms with Crippen LogP contribution in [0.4, 0.5) is 5.69 Å². The Bertz CT molecular complexity index is 584.